The van der Waals surface area contributed by atoms with E-state index in [1.807, 2.05) is 13.2 Å². The predicted molar refractivity (Wildman–Crippen MR) is 200 cm³/mol. The summed E-state index contributed by atoms with van der Waals surface area (Å²) < 4.78 is 5.40. The van der Waals surface area contributed by atoms with E-state index in [0.717, 1.165) is 25.7 Å². The number of ether oxygens (including phenoxy) is 1. The van der Waals surface area contributed by atoms with Gasteiger partial charge in [0.25, 0.3) is 0 Å². The van der Waals surface area contributed by atoms with Crippen molar-refractivity contribution < 1.29 is 34.1 Å². The third kappa shape index (κ3) is 22.2. The monoisotopic (exact) mass is 713 g/mol. The molecule has 3 amide bonds. The van der Waals surface area contributed by atoms with Crippen molar-refractivity contribution in [1.82, 2.24) is 16.0 Å². The van der Waals surface area contributed by atoms with E-state index in [4.69, 9.17) is 4.74 Å². The first-order chi connectivity index (χ1) is 22.4. The Morgan fingerprint density at radius 1 is 0.917 bits per heavy atom. The van der Waals surface area contributed by atoms with Gasteiger partial charge in [-0.3, -0.25) is 9.59 Å². The highest BCUT2D eigenvalue weighted by Crippen LogP contribution is 2.16. The van der Waals surface area contributed by atoms with Crippen molar-refractivity contribution in [3.8, 4) is 0 Å². The molecule has 12 heteroatoms. The van der Waals surface area contributed by atoms with Gasteiger partial charge in [0.05, 0.1) is 18.6 Å². The molecule has 5 N–H and O–H groups in total. The van der Waals surface area contributed by atoms with Gasteiger partial charge >= 0.3 is 12.1 Å². The topological polar surface area (TPSA) is 154 Å². The molecule has 0 fully saturated rings. The van der Waals surface area contributed by atoms with E-state index >= 15 is 0 Å². The molecule has 276 valence electrons. The third-order valence-corrected chi connectivity index (χ3v) is 9.21. The van der Waals surface area contributed by atoms with Crippen LogP contribution in [0, 0.1) is 5.92 Å². The number of carbonyl (C=O) groups excluding carboxylic acids is 3. The van der Waals surface area contributed by atoms with Crippen LogP contribution in [0.5, 0.6) is 0 Å². The van der Waals surface area contributed by atoms with Gasteiger partial charge in [-0.1, -0.05) is 55.2 Å². The van der Waals surface area contributed by atoms with Gasteiger partial charge in [0.1, 0.15) is 17.7 Å². The van der Waals surface area contributed by atoms with Crippen LogP contribution in [-0.2, 0) is 19.1 Å². The molecule has 0 aromatic carbocycles. The zero-order valence-electron chi connectivity index (χ0n) is 30.9. The number of rotatable bonds is 23. The van der Waals surface area contributed by atoms with E-state index < -0.39 is 53.7 Å². The number of hydrogen-bond donors (Lipinski definition) is 5. The van der Waals surface area contributed by atoms with Crippen LogP contribution >= 0.6 is 23.5 Å². The molecule has 48 heavy (non-hydrogen) atoms. The van der Waals surface area contributed by atoms with Crippen LogP contribution in [0.3, 0.4) is 0 Å². The lowest BCUT2D eigenvalue weighted by molar-refractivity contribution is -0.142. The summed E-state index contributed by atoms with van der Waals surface area (Å²) in [5, 5.41) is 28.6. The van der Waals surface area contributed by atoms with Crippen LogP contribution in [0.25, 0.3) is 0 Å². The molecule has 10 nitrogen and oxygen atoms in total. The molecule has 0 saturated carbocycles. The van der Waals surface area contributed by atoms with Crippen LogP contribution in [0.15, 0.2) is 34.9 Å². The molecule has 0 aliphatic heterocycles. The van der Waals surface area contributed by atoms with Gasteiger partial charge in [-0.2, -0.15) is 23.5 Å². The molecule has 5 atom stereocenters. The Hall–Kier alpha value is -2.44. The number of allylic oxidation sites excluding steroid dienone is 5. The second-order valence-electron chi connectivity index (χ2n) is 13.6. The van der Waals surface area contributed by atoms with Crippen LogP contribution in [0.1, 0.15) is 107 Å². The van der Waals surface area contributed by atoms with E-state index in [1.54, 1.807) is 27.7 Å². The minimum absolute atomic E-state index is 0.250. The van der Waals surface area contributed by atoms with E-state index in [1.165, 1.54) is 40.2 Å². The average molecular weight is 714 g/mol. The number of carboxylic acid groups (broad SMARTS) is 1. The molecular weight excluding hydrogens is 651 g/mol. The van der Waals surface area contributed by atoms with Gasteiger partial charge < -0.3 is 30.9 Å². The highest BCUT2D eigenvalue weighted by atomic mass is 32.2. The minimum atomic E-state index is -1.26. The Morgan fingerprint density at radius 2 is 1.52 bits per heavy atom. The standard InChI is InChI=1S/C36H63N3O7S2/c1-11-27(6)32(33(42)37-28(34(43)44)19-20-47-10)39-31(41)22-30(40)29(38-35(45)46-36(7,8)9)23-48-21-18-26(5)17-13-16-25(4)15-12-14-24(2)3/h14,16,18,27-30,32,40H,11-13,15,17,19-23H2,1-10H3,(H,37,42)(H,38,45)(H,39,41)(H,43,44)/b25-16+,26-18+/t27?,28-,29+,30-,32-/m0/s1. The first-order valence-electron chi connectivity index (χ1n) is 16.9. The van der Waals surface area contributed by atoms with Crippen LogP contribution in [0.4, 0.5) is 4.79 Å². The lowest BCUT2D eigenvalue weighted by atomic mass is 9.97. The first-order valence-corrected chi connectivity index (χ1v) is 19.5. The summed E-state index contributed by atoms with van der Waals surface area (Å²) in [7, 11) is 0. The molecule has 0 aliphatic rings. The number of nitrogens with one attached hydrogen (secondary N) is 3. The lowest BCUT2D eigenvalue weighted by Crippen LogP contribution is -2.55. The second kappa shape index (κ2) is 24.7. The fourth-order valence-corrected chi connectivity index (χ4v) is 6.03. The summed E-state index contributed by atoms with van der Waals surface area (Å²) in [5.74, 6) is -1.06. The van der Waals surface area contributed by atoms with E-state index in [-0.39, 0.29) is 18.8 Å². The largest absolute Gasteiger partial charge is 0.480 e. The average Bonchev–Trinajstić information content (AvgIpc) is 2.97. The van der Waals surface area contributed by atoms with Gasteiger partial charge in [0.2, 0.25) is 11.8 Å². The van der Waals surface area contributed by atoms with E-state index in [2.05, 4.69) is 61.9 Å². The number of aliphatic hydroxyl groups excluding tert-OH is 1. The Balaban J connectivity index is 5.43. The summed E-state index contributed by atoms with van der Waals surface area (Å²) in [6, 6.07) is -2.86. The number of hydrogen-bond acceptors (Lipinski definition) is 8. The minimum Gasteiger partial charge on any atom is -0.480 e. The molecule has 1 unspecified atom stereocenters. The summed E-state index contributed by atoms with van der Waals surface area (Å²) in [6.45, 7) is 17.4. The maximum atomic E-state index is 13.1. The van der Waals surface area contributed by atoms with Gasteiger partial charge in [-0.05, 0) is 98.5 Å². The SMILES string of the molecule is CCC(C)[C@H](NC(=O)C[C@H](O)[C@@H](CSC/C=C(\C)CC/C=C(\C)CCC=C(C)C)NC(=O)OC(C)(C)C)C(=O)N[C@@H](CCSC)C(=O)O. The molecule has 0 bridgehead atoms. The number of thioether (sulfide) groups is 2. The van der Waals surface area contributed by atoms with Crippen LogP contribution in [0.2, 0.25) is 0 Å². The second-order valence-corrected chi connectivity index (χ2v) is 15.7. The summed E-state index contributed by atoms with van der Waals surface area (Å²) >= 11 is 3.00. The van der Waals surface area contributed by atoms with Crippen LogP contribution in [-0.4, -0.2) is 87.4 Å². The first kappa shape index (κ1) is 45.6. The summed E-state index contributed by atoms with van der Waals surface area (Å²) in [5.41, 5.74) is 3.22. The summed E-state index contributed by atoms with van der Waals surface area (Å²) in [4.78, 5) is 50.5. The molecule has 0 saturated heterocycles. The fourth-order valence-electron chi connectivity index (χ4n) is 4.46. The Kier molecular flexibility index (Phi) is 23.4. The Morgan fingerprint density at radius 3 is 2.06 bits per heavy atom. The maximum absolute atomic E-state index is 13.1. The van der Waals surface area contributed by atoms with Crippen molar-refractivity contribution >= 4 is 47.4 Å². The predicted octanol–water partition coefficient (Wildman–Crippen LogP) is 6.64. The normalized spacial score (nSPS) is 15.4. The van der Waals surface area contributed by atoms with Crippen molar-refractivity contribution in [3.63, 3.8) is 0 Å². The van der Waals surface area contributed by atoms with Gasteiger partial charge in [-0.15, -0.1) is 0 Å². The quantitative estimate of drug-likeness (QED) is 0.0580. The molecule has 0 aliphatic carbocycles. The number of aliphatic carboxylic acids is 1. The van der Waals surface area contributed by atoms with Gasteiger partial charge in [0, 0.05) is 11.5 Å². The summed E-state index contributed by atoms with van der Waals surface area (Å²) in [6.07, 6.45) is 11.0. The van der Waals surface area contributed by atoms with Crippen LogP contribution < -0.4 is 16.0 Å². The molecule has 0 aromatic heterocycles. The molecule has 0 spiro atoms. The molecule has 0 radical (unpaired) electrons. The Bertz CT molecular complexity index is 1100. The zero-order valence-corrected chi connectivity index (χ0v) is 32.6. The number of alkyl carbamates (subject to hydrolysis) is 1. The third-order valence-electron chi connectivity index (χ3n) is 7.57. The van der Waals surface area contributed by atoms with Crippen molar-refractivity contribution in [2.45, 2.75) is 137 Å². The molecule has 0 rings (SSSR count). The van der Waals surface area contributed by atoms with Crippen molar-refractivity contribution in [1.29, 1.82) is 0 Å². The van der Waals surface area contributed by atoms with E-state index in [9.17, 15) is 29.4 Å². The maximum Gasteiger partial charge on any atom is 0.407 e. The van der Waals surface area contributed by atoms with Crippen molar-refractivity contribution in [2.75, 3.05) is 23.5 Å². The van der Waals surface area contributed by atoms with E-state index in [0.29, 0.717) is 23.7 Å². The number of amides is 3. The molecule has 0 heterocycles. The number of carboxylic acids is 1. The van der Waals surface area contributed by atoms with Gasteiger partial charge in [-0.25, -0.2) is 9.59 Å². The number of aliphatic hydroxyl groups is 1. The fraction of sp³-hybridized carbons (Fsp3) is 0.722. The van der Waals surface area contributed by atoms with Crippen molar-refractivity contribution in [3.05, 3.63) is 34.9 Å². The molecular formula is C36H63N3O7S2. The smallest absolute Gasteiger partial charge is 0.407 e. The zero-order chi connectivity index (χ0) is 36.9. The lowest BCUT2D eigenvalue weighted by Gasteiger charge is -2.28. The highest BCUT2D eigenvalue weighted by Gasteiger charge is 2.32. The molecule has 0 aromatic rings. The van der Waals surface area contributed by atoms with Crippen molar-refractivity contribution in [2.24, 2.45) is 5.92 Å². The Labute approximate surface area is 298 Å². The van der Waals surface area contributed by atoms with Gasteiger partial charge in [0.15, 0.2) is 0 Å². The highest BCUT2D eigenvalue weighted by molar-refractivity contribution is 7.99. The number of carbonyl (C=O) groups is 4.